The highest BCUT2D eigenvalue weighted by Gasteiger charge is 2.24. The van der Waals surface area contributed by atoms with Gasteiger partial charge in [0.05, 0.1) is 8.07 Å². The molecule has 0 amide bonds. The summed E-state index contributed by atoms with van der Waals surface area (Å²) in [4.78, 5) is 0. The van der Waals surface area contributed by atoms with E-state index in [1.165, 1.54) is 5.67 Å². The molecule has 0 bridgehead atoms. The fourth-order valence-corrected chi connectivity index (χ4v) is 9.77. The minimum absolute atomic E-state index is 0. The molecule has 0 radical (unpaired) electrons. The van der Waals surface area contributed by atoms with Crippen molar-refractivity contribution in [3.8, 4) is 0 Å². The maximum atomic E-state index is 6.07. The molecule has 15 heavy (non-hydrogen) atoms. The van der Waals surface area contributed by atoms with Gasteiger partial charge < -0.3 is 4.43 Å². The second kappa shape index (κ2) is 9.81. The summed E-state index contributed by atoms with van der Waals surface area (Å²) in [6.07, 6.45) is 1.07. The SMILES string of the molecule is C.C.C.C[SiH2]C[Si](C)(C)OC[Si](C)(C)C. The summed E-state index contributed by atoms with van der Waals surface area (Å²) in [6, 6.07) is 0. The first-order valence-corrected chi connectivity index (χ1v) is 14.1. The van der Waals surface area contributed by atoms with E-state index in [2.05, 4.69) is 39.3 Å². The first kappa shape index (κ1) is 24.7. The van der Waals surface area contributed by atoms with Crippen LogP contribution < -0.4 is 0 Å². The maximum absolute atomic E-state index is 6.07. The normalized spacial score (nSPS) is 11.6. The van der Waals surface area contributed by atoms with E-state index in [1.54, 1.807) is 0 Å². The third-order valence-corrected chi connectivity index (χ3v) is 10.8. The first-order valence-electron chi connectivity index (χ1n) is 4.91. The molecule has 0 atom stereocenters. The van der Waals surface area contributed by atoms with Gasteiger partial charge in [0.2, 0.25) is 0 Å². The summed E-state index contributed by atoms with van der Waals surface area (Å²) >= 11 is 0. The molecule has 0 aromatic heterocycles. The Morgan fingerprint density at radius 2 is 1.33 bits per heavy atom. The van der Waals surface area contributed by atoms with Crippen LogP contribution in [0.2, 0.25) is 44.9 Å². The molecular formula is C11H36OSi3. The molecule has 98 valence electrons. The molecule has 0 aliphatic carbocycles. The molecule has 0 aromatic carbocycles. The average molecular weight is 269 g/mol. The molecule has 1 nitrogen and oxygen atoms in total. The topological polar surface area (TPSA) is 9.23 Å². The molecule has 0 heterocycles. The van der Waals surface area contributed by atoms with Crippen LogP contribution in [0.5, 0.6) is 0 Å². The lowest BCUT2D eigenvalue weighted by Crippen LogP contribution is -2.39. The first-order chi connectivity index (χ1) is 5.27. The third kappa shape index (κ3) is 17.2. The Hall–Kier alpha value is 0.611. The van der Waals surface area contributed by atoms with Crippen molar-refractivity contribution in [2.24, 2.45) is 0 Å². The number of hydrogen-bond donors (Lipinski definition) is 0. The highest BCUT2D eigenvalue weighted by atomic mass is 28.4. The van der Waals surface area contributed by atoms with Gasteiger partial charge in [-0.25, -0.2) is 0 Å². The summed E-state index contributed by atoms with van der Waals surface area (Å²) in [5, 5.41) is 0. The third-order valence-electron chi connectivity index (χ3n) is 1.75. The predicted molar refractivity (Wildman–Crippen MR) is 86.2 cm³/mol. The monoisotopic (exact) mass is 268 g/mol. The summed E-state index contributed by atoms with van der Waals surface area (Å²) in [7, 11) is -1.99. The van der Waals surface area contributed by atoms with Gasteiger partial charge in [-0.05, 0) is 18.8 Å². The van der Waals surface area contributed by atoms with Crippen molar-refractivity contribution in [3.05, 3.63) is 0 Å². The summed E-state index contributed by atoms with van der Waals surface area (Å²) in [5.74, 6) is 0. The smallest absolute Gasteiger partial charge is 0.183 e. The molecule has 0 aromatic rings. The van der Waals surface area contributed by atoms with Crippen molar-refractivity contribution >= 4 is 25.9 Å². The van der Waals surface area contributed by atoms with E-state index in [0.717, 1.165) is 6.23 Å². The average Bonchev–Trinajstić information content (AvgIpc) is 1.83. The maximum Gasteiger partial charge on any atom is 0.183 e. The highest BCUT2D eigenvalue weighted by molar-refractivity contribution is 6.81. The van der Waals surface area contributed by atoms with Crippen molar-refractivity contribution in [3.63, 3.8) is 0 Å². The van der Waals surface area contributed by atoms with Gasteiger partial charge in [-0.1, -0.05) is 48.5 Å². The van der Waals surface area contributed by atoms with Gasteiger partial charge in [-0.15, -0.1) is 0 Å². The molecule has 0 saturated heterocycles. The standard InChI is InChI=1S/C8H24OSi3.3CH4/c1-10-8-12(5,6)9-7-11(2,3)4;;;/h7-8,10H2,1-6H3;3*1H4. The van der Waals surface area contributed by atoms with Gasteiger partial charge in [-0.3, -0.25) is 0 Å². The number of rotatable bonds is 5. The Kier molecular flexibility index (Phi) is 16.2. The van der Waals surface area contributed by atoms with Crippen LogP contribution in [-0.2, 0) is 4.43 Å². The predicted octanol–water partition coefficient (Wildman–Crippen LogP) is 4.17. The van der Waals surface area contributed by atoms with Gasteiger partial charge in [0.1, 0.15) is 0 Å². The van der Waals surface area contributed by atoms with E-state index >= 15 is 0 Å². The Morgan fingerprint density at radius 3 is 1.60 bits per heavy atom. The summed E-state index contributed by atoms with van der Waals surface area (Å²) in [6.45, 7) is 14.2. The zero-order valence-corrected chi connectivity index (χ0v) is 12.9. The molecular weight excluding hydrogens is 232 g/mol. The van der Waals surface area contributed by atoms with E-state index in [0.29, 0.717) is 0 Å². The molecule has 0 spiro atoms. The summed E-state index contributed by atoms with van der Waals surface area (Å²) < 4.78 is 6.07. The van der Waals surface area contributed by atoms with Gasteiger partial charge >= 0.3 is 0 Å². The van der Waals surface area contributed by atoms with E-state index in [1.807, 2.05) is 0 Å². The second-order valence-electron chi connectivity index (χ2n) is 5.36. The van der Waals surface area contributed by atoms with Gasteiger partial charge in [0, 0.05) is 15.7 Å². The lowest BCUT2D eigenvalue weighted by molar-refractivity contribution is 0.371. The quantitative estimate of drug-likeness (QED) is 0.680. The fraction of sp³-hybridized carbons (Fsp3) is 1.00. The van der Waals surface area contributed by atoms with E-state index in [-0.39, 0.29) is 31.8 Å². The fourth-order valence-electron chi connectivity index (χ4n) is 1.09. The molecule has 0 aliphatic heterocycles. The zero-order valence-electron chi connectivity index (χ0n) is 9.53. The Balaban J connectivity index is -0.000000202. The van der Waals surface area contributed by atoms with Crippen LogP contribution in [-0.4, -0.2) is 32.1 Å². The van der Waals surface area contributed by atoms with Crippen LogP contribution >= 0.6 is 0 Å². The van der Waals surface area contributed by atoms with Crippen LogP contribution in [0.15, 0.2) is 0 Å². The lowest BCUT2D eigenvalue weighted by atomic mass is 11.7. The van der Waals surface area contributed by atoms with E-state index < -0.39 is 16.4 Å². The Bertz CT molecular complexity index is 130. The molecule has 0 rings (SSSR count). The van der Waals surface area contributed by atoms with Crippen LogP contribution in [0.25, 0.3) is 0 Å². The summed E-state index contributed by atoms with van der Waals surface area (Å²) in [5.41, 5.74) is 1.44. The van der Waals surface area contributed by atoms with Crippen LogP contribution in [0, 0.1) is 0 Å². The lowest BCUT2D eigenvalue weighted by Gasteiger charge is -2.26. The van der Waals surface area contributed by atoms with E-state index in [4.69, 9.17) is 4.43 Å². The largest absolute Gasteiger partial charge is 0.421 e. The molecule has 0 N–H and O–H groups in total. The van der Waals surface area contributed by atoms with Gasteiger partial charge in [-0.2, -0.15) is 0 Å². The molecule has 0 saturated carbocycles. The van der Waals surface area contributed by atoms with Crippen molar-refractivity contribution < 1.29 is 4.43 Å². The van der Waals surface area contributed by atoms with Crippen LogP contribution in [0.1, 0.15) is 22.3 Å². The Labute approximate surface area is 104 Å². The molecule has 4 heteroatoms. The van der Waals surface area contributed by atoms with Gasteiger partial charge in [0.25, 0.3) is 0 Å². The second-order valence-corrected chi connectivity index (χ2v) is 17.6. The molecule has 0 fully saturated rings. The minimum atomic E-state index is -1.22. The van der Waals surface area contributed by atoms with E-state index in [9.17, 15) is 0 Å². The molecule has 0 unspecified atom stereocenters. The van der Waals surface area contributed by atoms with Crippen LogP contribution in [0.3, 0.4) is 0 Å². The van der Waals surface area contributed by atoms with Crippen molar-refractivity contribution in [1.29, 1.82) is 0 Å². The Morgan fingerprint density at radius 1 is 0.933 bits per heavy atom. The highest BCUT2D eigenvalue weighted by Crippen LogP contribution is 2.12. The van der Waals surface area contributed by atoms with Crippen molar-refractivity contribution in [1.82, 2.24) is 0 Å². The number of hydrogen-bond acceptors (Lipinski definition) is 1. The van der Waals surface area contributed by atoms with Crippen molar-refractivity contribution in [2.75, 3.05) is 6.23 Å². The van der Waals surface area contributed by atoms with Gasteiger partial charge in [0.15, 0.2) is 8.32 Å². The molecule has 0 aliphatic rings. The van der Waals surface area contributed by atoms with Crippen LogP contribution in [0.4, 0.5) is 0 Å². The van der Waals surface area contributed by atoms with Crippen molar-refractivity contribution in [2.45, 2.75) is 67.2 Å². The minimum Gasteiger partial charge on any atom is -0.421 e. The zero-order chi connectivity index (χ0) is 9.83.